The molecular formula is C17H15N7O. The number of hydrogen-bond donors (Lipinski definition) is 1. The Hall–Kier alpha value is -3.55. The average molecular weight is 333 g/mol. The van der Waals surface area contributed by atoms with Crippen molar-refractivity contribution in [1.82, 2.24) is 29.5 Å². The van der Waals surface area contributed by atoms with Crippen LogP contribution in [0.25, 0.3) is 22.3 Å². The molecule has 0 saturated heterocycles. The Balaban J connectivity index is 1.87. The van der Waals surface area contributed by atoms with E-state index in [2.05, 4.69) is 26.2 Å². The standard InChI is InChI=1S/C17H15N7O/c1-23-14(13-9-19-17(15(18)25)21-16(13)22-23)12-6-3-2-5-11(12)10-24-8-4-7-20-24/h2-9H,10H2,1H3,(H2,18,25). The number of nitrogens with zero attached hydrogens (tertiary/aromatic N) is 6. The van der Waals surface area contributed by atoms with E-state index in [0.29, 0.717) is 12.2 Å². The van der Waals surface area contributed by atoms with Crippen molar-refractivity contribution in [1.29, 1.82) is 0 Å². The number of fused-ring (bicyclic) bond motifs is 1. The van der Waals surface area contributed by atoms with E-state index < -0.39 is 5.91 Å². The van der Waals surface area contributed by atoms with Gasteiger partial charge in [0.2, 0.25) is 5.82 Å². The second kappa shape index (κ2) is 5.82. The lowest BCUT2D eigenvalue weighted by Gasteiger charge is -2.10. The van der Waals surface area contributed by atoms with Crippen LogP contribution in [0.1, 0.15) is 16.2 Å². The van der Waals surface area contributed by atoms with Gasteiger partial charge < -0.3 is 5.73 Å². The molecule has 8 nitrogen and oxygen atoms in total. The molecule has 0 radical (unpaired) electrons. The molecule has 0 saturated carbocycles. The number of benzene rings is 1. The van der Waals surface area contributed by atoms with E-state index in [1.807, 2.05) is 42.2 Å². The Morgan fingerprint density at radius 3 is 2.84 bits per heavy atom. The topological polar surface area (TPSA) is 105 Å². The maximum absolute atomic E-state index is 11.3. The molecule has 2 N–H and O–H groups in total. The molecule has 0 aliphatic rings. The molecule has 0 aliphatic carbocycles. The van der Waals surface area contributed by atoms with Crippen LogP contribution in [0.4, 0.5) is 0 Å². The molecule has 25 heavy (non-hydrogen) atoms. The highest BCUT2D eigenvalue weighted by Crippen LogP contribution is 2.30. The van der Waals surface area contributed by atoms with Crippen LogP contribution in [-0.2, 0) is 13.6 Å². The Morgan fingerprint density at radius 2 is 2.08 bits per heavy atom. The number of primary amides is 1. The van der Waals surface area contributed by atoms with Gasteiger partial charge in [-0.1, -0.05) is 24.3 Å². The lowest BCUT2D eigenvalue weighted by molar-refractivity contribution is 0.0990. The average Bonchev–Trinajstić information content (AvgIpc) is 3.21. The molecule has 8 heteroatoms. The summed E-state index contributed by atoms with van der Waals surface area (Å²) in [6.45, 7) is 0.635. The van der Waals surface area contributed by atoms with Gasteiger partial charge >= 0.3 is 0 Å². The van der Waals surface area contributed by atoms with Crippen LogP contribution in [0.15, 0.2) is 48.9 Å². The lowest BCUT2D eigenvalue weighted by atomic mass is 10.0. The zero-order chi connectivity index (χ0) is 17.4. The summed E-state index contributed by atoms with van der Waals surface area (Å²) in [5.41, 5.74) is 8.68. The minimum absolute atomic E-state index is 0.0398. The third kappa shape index (κ3) is 2.63. The molecule has 0 unspecified atom stereocenters. The largest absolute Gasteiger partial charge is 0.363 e. The van der Waals surface area contributed by atoms with Gasteiger partial charge in [0.1, 0.15) is 0 Å². The molecule has 1 amide bonds. The summed E-state index contributed by atoms with van der Waals surface area (Å²) < 4.78 is 3.60. The van der Waals surface area contributed by atoms with Crippen LogP contribution in [0.2, 0.25) is 0 Å². The molecule has 4 rings (SSSR count). The predicted octanol–water partition coefficient (Wildman–Crippen LogP) is 1.37. The normalized spacial score (nSPS) is 11.1. The van der Waals surface area contributed by atoms with Gasteiger partial charge in [0.05, 0.1) is 17.6 Å². The highest BCUT2D eigenvalue weighted by Gasteiger charge is 2.17. The first kappa shape index (κ1) is 15.0. The molecule has 3 aromatic heterocycles. The zero-order valence-electron chi connectivity index (χ0n) is 13.5. The van der Waals surface area contributed by atoms with E-state index in [9.17, 15) is 4.79 Å². The van der Waals surface area contributed by atoms with E-state index in [1.54, 1.807) is 17.1 Å². The van der Waals surface area contributed by atoms with Crippen molar-refractivity contribution in [2.24, 2.45) is 12.8 Å². The van der Waals surface area contributed by atoms with Crippen molar-refractivity contribution in [2.75, 3.05) is 0 Å². The summed E-state index contributed by atoms with van der Waals surface area (Å²) in [4.78, 5) is 19.5. The lowest BCUT2D eigenvalue weighted by Crippen LogP contribution is -2.14. The summed E-state index contributed by atoms with van der Waals surface area (Å²) in [7, 11) is 1.84. The molecule has 124 valence electrons. The van der Waals surface area contributed by atoms with Gasteiger partial charge in [-0.05, 0) is 11.6 Å². The second-order valence-electron chi connectivity index (χ2n) is 5.63. The molecule has 0 fully saturated rings. The minimum Gasteiger partial charge on any atom is -0.363 e. The Kier molecular flexibility index (Phi) is 3.50. The van der Waals surface area contributed by atoms with Crippen molar-refractivity contribution in [3.05, 3.63) is 60.3 Å². The van der Waals surface area contributed by atoms with E-state index in [4.69, 9.17) is 5.73 Å². The minimum atomic E-state index is -0.673. The van der Waals surface area contributed by atoms with E-state index in [-0.39, 0.29) is 5.82 Å². The van der Waals surface area contributed by atoms with Gasteiger partial charge in [-0.2, -0.15) is 10.2 Å². The van der Waals surface area contributed by atoms with Gasteiger partial charge in [-0.25, -0.2) is 9.97 Å². The molecule has 4 aromatic rings. The number of aryl methyl sites for hydroxylation is 1. The van der Waals surface area contributed by atoms with Gasteiger partial charge in [-0.3, -0.25) is 14.2 Å². The second-order valence-corrected chi connectivity index (χ2v) is 5.63. The SMILES string of the molecule is Cn1nc2nc(C(N)=O)ncc2c1-c1ccccc1Cn1cccn1. The van der Waals surface area contributed by atoms with E-state index in [1.165, 1.54) is 0 Å². The first-order valence-corrected chi connectivity index (χ1v) is 7.69. The van der Waals surface area contributed by atoms with Crippen molar-refractivity contribution >= 4 is 16.9 Å². The summed E-state index contributed by atoms with van der Waals surface area (Å²) in [5.74, 6) is -0.713. The quantitative estimate of drug-likeness (QED) is 0.607. The number of nitrogens with two attached hydrogens (primary N) is 1. The third-order valence-corrected chi connectivity index (χ3v) is 3.98. The molecule has 0 atom stereocenters. The number of carbonyl (C=O) groups is 1. The maximum Gasteiger partial charge on any atom is 0.286 e. The van der Waals surface area contributed by atoms with Crippen LogP contribution in [0.5, 0.6) is 0 Å². The maximum atomic E-state index is 11.3. The van der Waals surface area contributed by atoms with Crippen molar-refractivity contribution in [3.63, 3.8) is 0 Å². The highest BCUT2D eigenvalue weighted by atomic mass is 16.1. The van der Waals surface area contributed by atoms with Gasteiger partial charge in [0.15, 0.2) is 5.65 Å². The van der Waals surface area contributed by atoms with Gasteiger partial charge in [0, 0.05) is 31.2 Å². The monoisotopic (exact) mass is 333 g/mol. The van der Waals surface area contributed by atoms with E-state index >= 15 is 0 Å². The zero-order valence-corrected chi connectivity index (χ0v) is 13.5. The summed E-state index contributed by atoms with van der Waals surface area (Å²) in [5, 5.41) is 9.44. The molecule has 0 spiro atoms. The van der Waals surface area contributed by atoms with E-state index in [0.717, 1.165) is 22.2 Å². The molecule has 0 aliphatic heterocycles. The predicted molar refractivity (Wildman–Crippen MR) is 91.6 cm³/mol. The number of rotatable bonds is 4. The fourth-order valence-electron chi connectivity index (χ4n) is 2.88. The fraction of sp³-hybridized carbons (Fsp3) is 0.118. The summed E-state index contributed by atoms with van der Waals surface area (Å²) in [6, 6.07) is 9.93. The highest BCUT2D eigenvalue weighted by molar-refractivity contribution is 5.95. The van der Waals surface area contributed by atoms with Crippen LogP contribution >= 0.6 is 0 Å². The van der Waals surface area contributed by atoms with Gasteiger partial charge in [-0.15, -0.1) is 0 Å². The fourth-order valence-corrected chi connectivity index (χ4v) is 2.88. The van der Waals surface area contributed by atoms with Crippen molar-refractivity contribution < 1.29 is 4.79 Å². The molecule has 0 bridgehead atoms. The molecule has 1 aromatic carbocycles. The molecular weight excluding hydrogens is 318 g/mol. The number of amides is 1. The summed E-state index contributed by atoms with van der Waals surface area (Å²) >= 11 is 0. The number of aromatic nitrogens is 6. The Labute approximate surface area is 142 Å². The first-order valence-electron chi connectivity index (χ1n) is 7.69. The molecule has 3 heterocycles. The third-order valence-electron chi connectivity index (χ3n) is 3.98. The Morgan fingerprint density at radius 1 is 1.24 bits per heavy atom. The first-order chi connectivity index (χ1) is 12.1. The van der Waals surface area contributed by atoms with Crippen LogP contribution in [-0.4, -0.2) is 35.4 Å². The summed E-state index contributed by atoms with van der Waals surface area (Å²) in [6.07, 6.45) is 5.26. The van der Waals surface area contributed by atoms with Crippen LogP contribution < -0.4 is 5.73 Å². The van der Waals surface area contributed by atoms with Gasteiger partial charge in [0.25, 0.3) is 5.91 Å². The van der Waals surface area contributed by atoms with Crippen molar-refractivity contribution in [3.8, 4) is 11.3 Å². The smallest absolute Gasteiger partial charge is 0.286 e. The number of hydrogen-bond acceptors (Lipinski definition) is 5. The van der Waals surface area contributed by atoms with Crippen LogP contribution in [0.3, 0.4) is 0 Å². The number of carbonyl (C=O) groups excluding carboxylic acids is 1. The van der Waals surface area contributed by atoms with Crippen LogP contribution in [0, 0.1) is 0 Å². The van der Waals surface area contributed by atoms with Crippen molar-refractivity contribution in [2.45, 2.75) is 6.54 Å². The Bertz CT molecular complexity index is 1070.